The van der Waals surface area contributed by atoms with Gasteiger partial charge in [0.15, 0.2) is 5.78 Å². The highest BCUT2D eigenvalue weighted by Crippen LogP contribution is 2.29. The number of carbonyl (C=O) groups is 3. The van der Waals surface area contributed by atoms with Crippen LogP contribution in [0.15, 0.2) is 54.6 Å². The van der Waals surface area contributed by atoms with Gasteiger partial charge < -0.3 is 14.8 Å². The summed E-state index contributed by atoms with van der Waals surface area (Å²) in [5, 5.41) is 19.7. The van der Waals surface area contributed by atoms with Crippen LogP contribution in [-0.2, 0) is 11.3 Å². The van der Waals surface area contributed by atoms with Crippen LogP contribution in [0.3, 0.4) is 0 Å². The lowest BCUT2D eigenvalue weighted by atomic mass is 10.00. The molecular weight excluding hydrogens is 466 g/mol. The summed E-state index contributed by atoms with van der Waals surface area (Å²) in [5.74, 6) is -2.30. The van der Waals surface area contributed by atoms with E-state index in [0.717, 1.165) is 30.9 Å². The number of aliphatic carboxylic acids is 1. The third-order valence-corrected chi connectivity index (χ3v) is 6.67. The van der Waals surface area contributed by atoms with E-state index in [-0.39, 0.29) is 23.6 Å². The molecule has 0 saturated carbocycles. The second kappa shape index (κ2) is 14.2. The number of nitrogens with zero attached hydrogens (tertiary/aromatic N) is 1. The second-order valence-electron chi connectivity index (χ2n) is 9.55. The summed E-state index contributed by atoms with van der Waals surface area (Å²) in [6.45, 7) is 2.46. The number of unbranched alkanes of at least 4 members (excludes halogenated alkanes) is 8. The Morgan fingerprint density at radius 2 is 1.51 bits per heavy atom. The highest BCUT2D eigenvalue weighted by Gasteiger charge is 2.26. The van der Waals surface area contributed by atoms with Crippen LogP contribution in [0.4, 0.5) is 0 Å². The number of aromatic carboxylic acids is 1. The van der Waals surface area contributed by atoms with Crippen molar-refractivity contribution in [2.75, 3.05) is 0 Å². The lowest BCUT2D eigenvalue weighted by Crippen LogP contribution is -2.14. The van der Waals surface area contributed by atoms with Gasteiger partial charge >= 0.3 is 11.9 Å². The van der Waals surface area contributed by atoms with E-state index in [4.69, 9.17) is 5.11 Å². The van der Waals surface area contributed by atoms with Gasteiger partial charge in [0.05, 0.1) is 5.56 Å². The lowest BCUT2D eigenvalue weighted by molar-refractivity contribution is -0.131. The fourth-order valence-electron chi connectivity index (χ4n) is 4.84. The number of carboxylic acids is 2. The first-order chi connectivity index (χ1) is 17.9. The highest BCUT2D eigenvalue weighted by atomic mass is 16.4. The van der Waals surface area contributed by atoms with E-state index >= 15 is 0 Å². The highest BCUT2D eigenvalue weighted by molar-refractivity contribution is 6.15. The summed E-state index contributed by atoms with van der Waals surface area (Å²) in [6.07, 6.45) is 13.2. The fraction of sp³-hybridized carbons (Fsp3) is 0.387. The third kappa shape index (κ3) is 7.91. The average molecular weight is 504 g/mol. The van der Waals surface area contributed by atoms with Crippen molar-refractivity contribution in [1.82, 2.24) is 4.57 Å². The van der Waals surface area contributed by atoms with Crippen LogP contribution in [0.1, 0.15) is 103 Å². The molecule has 2 N–H and O–H groups in total. The number of benzene rings is 2. The number of Topliss-reactive ketones (excluding diaryl/α,β-unsaturated/α-hetero) is 1. The quantitative estimate of drug-likeness (QED) is 0.119. The number of carboxylic acid groups (broad SMARTS) is 2. The number of fused-ring (bicyclic) bond motifs is 1. The van der Waals surface area contributed by atoms with Crippen molar-refractivity contribution >= 4 is 34.7 Å². The Balaban J connectivity index is 1.78. The van der Waals surface area contributed by atoms with Gasteiger partial charge in [-0.2, -0.15) is 0 Å². The van der Waals surface area contributed by atoms with Gasteiger partial charge in [0.25, 0.3) is 0 Å². The smallest absolute Gasteiger partial charge is 0.353 e. The molecule has 1 aromatic heterocycles. The Kier molecular flexibility index (Phi) is 10.7. The van der Waals surface area contributed by atoms with E-state index in [1.807, 2.05) is 36.4 Å². The standard InChI is InChI=1S/C31H37NO5/c1-2-3-4-5-6-7-8-9-10-18-27(33)29-25-16-11-12-17-26(25)32(30(29)31(36)37)22-24-15-13-14-23(21-24)19-20-28(34)35/h11-17,19-21H,2-10,18,22H2,1H3,(H,34,35)(H,36,37)/b20-19+. The summed E-state index contributed by atoms with van der Waals surface area (Å²) in [7, 11) is 0. The van der Waals surface area contributed by atoms with Crippen molar-refractivity contribution in [2.24, 2.45) is 0 Å². The van der Waals surface area contributed by atoms with Gasteiger partial charge in [0.1, 0.15) is 5.69 Å². The van der Waals surface area contributed by atoms with Crippen LogP contribution in [0.25, 0.3) is 17.0 Å². The normalized spacial score (nSPS) is 11.4. The minimum atomic E-state index is -1.13. The molecule has 0 amide bonds. The Morgan fingerprint density at radius 1 is 0.838 bits per heavy atom. The average Bonchev–Trinajstić information content (AvgIpc) is 3.21. The fourth-order valence-corrected chi connectivity index (χ4v) is 4.84. The van der Waals surface area contributed by atoms with Crippen molar-refractivity contribution in [3.63, 3.8) is 0 Å². The van der Waals surface area contributed by atoms with Gasteiger partial charge in [0, 0.05) is 29.9 Å². The predicted molar refractivity (Wildman–Crippen MR) is 147 cm³/mol. The Labute approximate surface area is 218 Å². The molecule has 0 unspecified atom stereocenters. The molecule has 0 aliphatic carbocycles. The first-order valence-electron chi connectivity index (χ1n) is 13.3. The zero-order chi connectivity index (χ0) is 26.6. The maximum Gasteiger partial charge on any atom is 0.353 e. The first-order valence-corrected chi connectivity index (χ1v) is 13.3. The predicted octanol–water partition coefficient (Wildman–Crippen LogP) is 7.59. The summed E-state index contributed by atoms with van der Waals surface area (Å²) in [6, 6.07) is 14.6. The number of hydrogen-bond donors (Lipinski definition) is 2. The molecule has 37 heavy (non-hydrogen) atoms. The molecule has 0 aliphatic rings. The van der Waals surface area contributed by atoms with E-state index in [2.05, 4.69) is 6.92 Å². The number of para-hydroxylation sites is 1. The molecular formula is C31H37NO5. The van der Waals surface area contributed by atoms with Crippen LogP contribution in [-0.4, -0.2) is 32.5 Å². The molecule has 0 fully saturated rings. The van der Waals surface area contributed by atoms with Gasteiger partial charge in [-0.15, -0.1) is 0 Å². The minimum Gasteiger partial charge on any atom is -0.478 e. The summed E-state index contributed by atoms with van der Waals surface area (Å²) >= 11 is 0. The lowest BCUT2D eigenvalue weighted by Gasteiger charge is -2.10. The topological polar surface area (TPSA) is 96.6 Å². The number of ketones is 1. The number of aromatic nitrogens is 1. The minimum absolute atomic E-state index is 0.00797. The molecule has 196 valence electrons. The third-order valence-electron chi connectivity index (χ3n) is 6.67. The van der Waals surface area contributed by atoms with Crippen molar-refractivity contribution in [2.45, 2.75) is 77.7 Å². The molecule has 6 nitrogen and oxygen atoms in total. The summed E-state index contributed by atoms with van der Waals surface area (Å²) < 4.78 is 1.68. The Bertz CT molecular complexity index is 1250. The van der Waals surface area contributed by atoms with Crippen LogP contribution >= 0.6 is 0 Å². The molecule has 1 heterocycles. The molecule has 3 rings (SSSR count). The maximum absolute atomic E-state index is 13.3. The Morgan fingerprint density at radius 3 is 2.19 bits per heavy atom. The first kappa shape index (κ1) is 27.9. The second-order valence-corrected chi connectivity index (χ2v) is 9.55. The van der Waals surface area contributed by atoms with Crippen LogP contribution < -0.4 is 0 Å². The molecule has 0 saturated heterocycles. The van der Waals surface area contributed by atoms with E-state index in [9.17, 15) is 19.5 Å². The molecule has 6 heteroatoms. The summed E-state index contributed by atoms with van der Waals surface area (Å²) in [4.78, 5) is 36.6. The molecule has 0 spiro atoms. The number of carbonyl (C=O) groups excluding carboxylic acids is 1. The number of rotatable bonds is 16. The SMILES string of the molecule is CCCCCCCCCCCC(=O)c1c(C(=O)O)n(Cc2cccc(/C=C/C(=O)O)c2)c2ccccc12. The van der Waals surface area contributed by atoms with Gasteiger partial charge in [-0.1, -0.05) is 94.7 Å². The molecule has 2 aromatic carbocycles. The van der Waals surface area contributed by atoms with Gasteiger partial charge in [0.2, 0.25) is 0 Å². The van der Waals surface area contributed by atoms with Gasteiger partial charge in [-0.05, 0) is 35.8 Å². The maximum atomic E-state index is 13.3. The van der Waals surface area contributed by atoms with Crippen molar-refractivity contribution in [3.8, 4) is 0 Å². The van der Waals surface area contributed by atoms with E-state index in [1.54, 1.807) is 16.7 Å². The van der Waals surface area contributed by atoms with Crippen molar-refractivity contribution in [3.05, 3.63) is 77.0 Å². The zero-order valence-corrected chi connectivity index (χ0v) is 21.6. The largest absolute Gasteiger partial charge is 0.478 e. The molecule has 3 aromatic rings. The molecule has 0 bridgehead atoms. The van der Waals surface area contributed by atoms with Crippen LogP contribution in [0.2, 0.25) is 0 Å². The van der Waals surface area contributed by atoms with Gasteiger partial charge in [-0.3, -0.25) is 4.79 Å². The Hall–Kier alpha value is -3.67. The summed E-state index contributed by atoms with van der Waals surface area (Å²) in [5.41, 5.74) is 2.50. The molecule has 0 aliphatic heterocycles. The van der Waals surface area contributed by atoms with Gasteiger partial charge in [-0.25, -0.2) is 9.59 Å². The van der Waals surface area contributed by atoms with Crippen molar-refractivity contribution in [1.29, 1.82) is 0 Å². The monoisotopic (exact) mass is 503 g/mol. The van der Waals surface area contributed by atoms with Crippen LogP contribution in [0.5, 0.6) is 0 Å². The zero-order valence-electron chi connectivity index (χ0n) is 21.6. The van der Waals surface area contributed by atoms with E-state index < -0.39 is 11.9 Å². The van der Waals surface area contributed by atoms with Crippen LogP contribution in [0, 0.1) is 0 Å². The van der Waals surface area contributed by atoms with E-state index in [0.29, 0.717) is 22.9 Å². The molecule has 0 radical (unpaired) electrons. The van der Waals surface area contributed by atoms with Crippen molar-refractivity contribution < 1.29 is 24.6 Å². The molecule has 0 atom stereocenters. The number of hydrogen-bond acceptors (Lipinski definition) is 3. The van der Waals surface area contributed by atoms with E-state index in [1.165, 1.54) is 44.6 Å².